The number of hydrogen-bond acceptors (Lipinski definition) is 4. The van der Waals surface area contributed by atoms with Crippen molar-refractivity contribution >= 4 is 17.7 Å². The zero-order valence-electron chi connectivity index (χ0n) is 6.06. The highest BCUT2D eigenvalue weighted by Crippen LogP contribution is 2.22. The number of hydrogen-bond donors (Lipinski definition) is 1. The van der Waals surface area contributed by atoms with E-state index in [-0.39, 0.29) is 16.9 Å². The van der Waals surface area contributed by atoms with Crippen LogP contribution in [0.2, 0.25) is 0 Å². The summed E-state index contributed by atoms with van der Waals surface area (Å²) in [6.45, 7) is 0. The third-order valence-electron chi connectivity index (χ3n) is 1.44. The van der Waals surface area contributed by atoms with Crippen LogP contribution in [-0.2, 0) is 0 Å². The van der Waals surface area contributed by atoms with Crippen molar-refractivity contribution in [2.24, 2.45) is 0 Å². The summed E-state index contributed by atoms with van der Waals surface area (Å²) < 4.78 is 0. The van der Waals surface area contributed by atoms with Gasteiger partial charge in [-0.25, -0.2) is 0 Å². The van der Waals surface area contributed by atoms with E-state index in [9.17, 15) is 14.9 Å². The number of nitro benzene ring substituents is 1. The first-order valence-electron chi connectivity index (χ1n) is 3.15. The Morgan fingerprint density at radius 3 is 2.67 bits per heavy atom. The number of rotatable bonds is 2. The summed E-state index contributed by atoms with van der Waals surface area (Å²) in [6, 6.07) is 4.09. The van der Waals surface area contributed by atoms with Crippen LogP contribution in [0.1, 0.15) is 10.4 Å². The van der Waals surface area contributed by atoms with E-state index in [2.05, 4.69) is 0 Å². The van der Waals surface area contributed by atoms with E-state index < -0.39 is 4.92 Å². The lowest BCUT2D eigenvalue weighted by Crippen LogP contribution is -1.98. The van der Waals surface area contributed by atoms with Gasteiger partial charge in [0.2, 0.25) is 0 Å². The second-order valence-corrected chi connectivity index (χ2v) is 2.16. The Bertz CT molecular complexity index is 335. The summed E-state index contributed by atoms with van der Waals surface area (Å²) in [4.78, 5) is 20.0. The van der Waals surface area contributed by atoms with Crippen molar-refractivity contribution in [3.63, 3.8) is 0 Å². The van der Waals surface area contributed by atoms with Crippen molar-refractivity contribution in [1.82, 2.24) is 0 Å². The molecule has 0 unspecified atom stereocenters. The van der Waals surface area contributed by atoms with Crippen molar-refractivity contribution in [2.45, 2.75) is 0 Å². The number of aldehydes is 1. The average molecular weight is 166 g/mol. The van der Waals surface area contributed by atoms with Crippen LogP contribution in [0.15, 0.2) is 18.2 Å². The minimum atomic E-state index is -0.623. The molecular weight excluding hydrogens is 160 g/mol. The van der Waals surface area contributed by atoms with Crippen LogP contribution < -0.4 is 5.73 Å². The van der Waals surface area contributed by atoms with E-state index in [1.807, 2.05) is 0 Å². The first kappa shape index (κ1) is 8.19. The van der Waals surface area contributed by atoms with Gasteiger partial charge in [0.05, 0.1) is 4.92 Å². The van der Waals surface area contributed by atoms with Crippen LogP contribution in [0.25, 0.3) is 0 Å². The Morgan fingerprint density at radius 2 is 2.17 bits per heavy atom. The van der Waals surface area contributed by atoms with Gasteiger partial charge in [0.15, 0.2) is 6.29 Å². The van der Waals surface area contributed by atoms with Crippen molar-refractivity contribution in [3.05, 3.63) is 33.9 Å². The maximum atomic E-state index is 10.3. The molecule has 0 atom stereocenters. The Balaban J connectivity index is 3.32. The molecule has 0 saturated heterocycles. The maximum absolute atomic E-state index is 10.3. The molecule has 0 amide bonds. The van der Waals surface area contributed by atoms with E-state index in [0.717, 1.165) is 0 Å². The largest absolute Gasteiger partial charge is 0.393 e. The first-order valence-corrected chi connectivity index (χ1v) is 3.15. The summed E-state index contributed by atoms with van der Waals surface area (Å²) in [6.07, 6.45) is 0.488. The zero-order chi connectivity index (χ0) is 9.14. The normalized spacial score (nSPS) is 9.33. The molecule has 0 aromatic heterocycles. The minimum absolute atomic E-state index is 0.0856. The third-order valence-corrected chi connectivity index (χ3v) is 1.44. The number of carbonyl (C=O) groups is 1. The van der Waals surface area contributed by atoms with Crippen molar-refractivity contribution in [3.8, 4) is 0 Å². The van der Waals surface area contributed by atoms with Crippen LogP contribution >= 0.6 is 0 Å². The highest BCUT2D eigenvalue weighted by atomic mass is 16.6. The summed E-state index contributed by atoms with van der Waals surface area (Å²) in [5.41, 5.74) is 5.14. The Morgan fingerprint density at radius 1 is 1.50 bits per heavy atom. The summed E-state index contributed by atoms with van der Waals surface area (Å²) in [5.74, 6) is 0. The van der Waals surface area contributed by atoms with Crippen LogP contribution in [0, 0.1) is 10.1 Å². The Hall–Kier alpha value is -1.91. The summed E-state index contributed by atoms with van der Waals surface area (Å²) in [5, 5.41) is 10.3. The first-order chi connectivity index (χ1) is 5.66. The number of anilines is 1. The molecule has 5 nitrogen and oxygen atoms in total. The van der Waals surface area contributed by atoms with Gasteiger partial charge in [-0.05, 0) is 6.07 Å². The fourth-order valence-electron chi connectivity index (χ4n) is 0.832. The molecule has 0 saturated carbocycles. The minimum Gasteiger partial charge on any atom is -0.393 e. The average Bonchev–Trinajstić information content (AvgIpc) is 2.04. The second kappa shape index (κ2) is 3.00. The number of nitro groups is 1. The van der Waals surface area contributed by atoms with Crippen LogP contribution in [0.4, 0.5) is 11.4 Å². The lowest BCUT2D eigenvalue weighted by molar-refractivity contribution is -0.383. The number of nitrogen functional groups attached to an aromatic ring is 1. The molecule has 0 fully saturated rings. The van der Waals surface area contributed by atoms with Gasteiger partial charge in [-0.3, -0.25) is 14.9 Å². The predicted molar refractivity (Wildman–Crippen MR) is 42.9 cm³/mol. The Labute approximate surface area is 68.0 Å². The Kier molecular flexibility index (Phi) is 2.05. The number of para-hydroxylation sites is 1. The van der Waals surface area contributed by atoms with Gasteiger partial charge >= 0.3 is 0 Å². The van der Waals surface area contributed by atoms with E-state index >= 15 is 0 Å². The van der Waals surface area contributed by atoms with Gasteiger partial charge in [0.1, 0.15) is 5.69 Å². The number of carbonyl (C=O) groups excluding carboxylic acids is 1. The molecule has 0 heterocycles. The van der Waals surface area contributed by atoms with Gasteiger partial charge in [-0.15, -0.1) is 0 Å². The smallest absolute Gasteiger partial charge is 0.292 e. The number of nitrogens with zero attached hydrogens (tertiary/aromatic N) is 1. The van der Waals surface area contributed by atoms with E-state index in [1.54, 1.807) is 0 Å². The molecule has 0 bridgehead atoms. The van der Waals surface area contributed by atoms with Gasteiger partial charge < -0.3 is 5.73 Å². The fourth-order valence-corrected chi connectivity index (χ4v) is 0.832. The molecule has 1 aromatic carbocycles. The summed E-state index contributed by atoms with van der Waals surface area (Å²) in [7, 11) is 0. The highest BCUT2D eigenvalue weighted by Gasteiger charge is 2.12. The zero-order valence-corrected chi connectivity index (χ0v) is 6.06. The molecule has 0 aliphatic carbocycles. The molecule has 2 N–H and O–H groups in total. The van der Waals surface area contributed by atoms with Crippen LogP contribution in [-0.4, -0.2) is 11.2 Å². The monoisotopic (exact) mass is 166 g/mol. The molecule has 5 heteroatoms. The predicted octanol–water partition coefficient (Wildman–Crippen LogP) is 0.990. The van der Waals surface area contributed by atoms with Gasteiger partial charge in [0, 0.05) is 11.6 Å². The standard InChI is InChI=1S/C7H6N2O3/c8-7-5(4-10)2-1-3-6(7)9(11)12/h1-4H,8H2. The topological polar surface area (TPSA) is 86.2 Å². The molecule has 0 spiro atoms. The maximum Gasteiger partial charge on any atom is 0.292 e. The van der Waals surface area contributed by atoms with Crippen LogP contribution in [0.5, 0.6) is 0 Å². The lowest BCUT2D eigenvalue weighted by atomic mass is 10.2. The number of benzene rings is 1. The van der Waals surface area contributed by atoms with Gasteiger partial charge in [-0.1, -0.05) is 6.07 Å². The molecule has 1 aromatic rings. The quantitative estimate of drug-likeness (QED) is 0.307. The molecule has 0 aliphatic rings. The molecule has 0 aliphatic heterocycles. The third kappa shape index (κ3) is 1.24. The van der Waals surface area contributed by atoms with E-state index in [4.69, 9.17) is 5.73 Å². The molecule has 1 rings (SSSR count). The van der Waals surface area contributed by atoms with E-state index in [0.29, 0.717) is 6.29 Å². The van der Waals surface area contributed by atoms with Crippen molar-refractivity contribution < 1.29 is 9.72 Å². The van der Waals surface area contributed by atoms with Crippen molar-refractivity contribution in [2.75, 3.05) is 5.73 Å². The molecular formula is C7H6N2O3. The number of nitrogens with two attached hydrogens (primary N) is 1. The lowest BCUT2D eigenvalue weighted by Gasteiger charge is -1.97. The fraction of sp³-hybridized carbons (Fsp3) is 0. The van der Waals surface area contributed by atoms with Crippen molar-refractivity contribution in [1.29, 1.82) is 0 Å². The van der Waals surface area contributed by atoms with Gasteiger partial charge in [0.25, 0.3) is 5.69 Å². The second-order valence-electron chi connectivity index (χ2n) is 2.16. The summed E-state index contributed by atoms with van der Waals surface area (Å²) >= 11 is 0. The highest BCUT2D eigenvalue weighted by molar-refractivity contribution is 5.86. The molecule has 62 valence electrons. The van der Waals surface area contributed by atoms with Gasteiger partial charge in [-0.2, -0.15) is 0 Å². The molecule has 12 heavy (non-hydrogen) atoms. The molecule has 0 radical (unpaired) electrons. The SMILES string of the molecule is Nc1c(C=O)cccc1[N+](=O)[O-]. The van der Waals surface area contributed by atoms with Crippen LogP contribution in [0.3, 0.4) is 0 Å². The van der Waals surface area contributed by atoms with E-state index in [1.165, 1.54) is 18.2 Å².